The third-order valence-corrected chi connectivity index (χ3v) is 6.45. The van der Waals surface area contributed by atoms with Crippen LogP contribution in [0.4, 0.5) is 0 Å². The molecule has 0 bridgehead atoms. The molecule has 0 spiro atoms. The maximum Gasteiger partial charge on any atom is 0.252 e. The monoisotopic (exact) mass is 314 g/mol. The zero-order valence-corrected chi connectivity index (χ0v) is 13.3. The maximum absolute atomic E-state index is 12.5. The fraction of sp³-hybridized carbons (Fsp3) is 0.385. The highest BCUT2D eigenvalue weighted by atomic mass is 32.2. The van der Waals surface area contributed by atoms with Gasteiger partial charge in [0.2, 0.25) is 0 Å². The summed E-state index contributed by atoms with van der Waals surface area (Å²) in [7, 11) is -0.0672. The Morgan fingerprint density at radius 2 is 2.20 bits per heavy atom. The van der Waals surface area contributed by atoms with E-state index in [2.05, 4.69) is 5.32 Å². The first kappa shape index (κ1) is 15.2. The van der Waals surface area contributed by atoms with Crippen molar-refractivity contribution in [3.05, 3.63) is 40.7 Å². The molecule has 2 heterocycles. The van der Waals surface area contributed by atoms with Crippen molar-refractivity contribution in [1.82, 2.24) is 9.62 Å². The van der Waals surface area contributed by atoms with E-state index < -0.39 is 10.0 Å². The average Bonchev–Trinajstić information content (AvgIpc) is 3.01. The van der Waals surface area contributed by atoms with E-state index in [0.717, 1.165) is 10.4 Å². The number of hydrogen-bond acceptors (Lipinski definition) is 5. The summed E-state index contributed by atoms with van der Waals surface area (Å²) in [5.41, 5.74) is 0.995. The molecule has 0 aliphatic heterocycles. The summed E-state index contributed by atoms with van der Waals surface area (Å²) in [4.78, 5) is 1.04. The molecule has 0 saturated carbocycles. The highest BCUT2D eigenvalue weighted by Gasteiger charge is 2.24. The molecule has 20 heavy (non-hydrogen) atoms. The van der Waals surface area contributed by atoms with Crippen LogP contribution in [0.3, 0.4) is 0 Å². The number of furan rings is 1. The molecular weight excluding hydrogens is 296 g/mol. The van der Waals surface area contributed by atoms with Gasteiger partial charge in [-0.15, -0.1) is 11.3 Å². The molecule has 0 aromatic carbocycles. The van der Waals surface area contributed by atoms with Crippen molar-refractivity contribution in [2.24, 2.45) is 0 Å². The Balaban J connectivity index is 2.23. The normalized spacial score (nSPS) is 12.2. The number of rotatable bonds is 6. The topological polar surface area (TPSA) is 62.6 Å². The smallest absolute Gasteiger partial charge is 0.252 e. The van der Waals surface area contributed by atoms with Crippen LogP contribution in [0, 0.1) is 6.92 Å². The van der Waals surface area contributed by atoms with Crippen molar-refractivity contribution in [2.45, 2.75) is 24.2 Å². The second kappa shape index (κ2) is 6.09. The van der Waals surface area contributed by atoms with Gasteiger partial charge in [-0.25, -0.2) is 8.42 Å². The van der Waals surface area contributed by atoms with Crippen molar-refractivity contribution >= 4 is 21.4 Å². The Morgan fingerprint density at radius 1 is 1.45 bits per heavy atom. The van der Waals surface area contributed by atoms with Crippen LogP contribution in [0.15, 0.2) is 33.1 Å². The number of nitrogens with one attached hydrogen (secondary N) is 1. The molecule has 0 aliphatic carbocycles. The molecule has 2 aromatic rings. The van der Waals surface area contributed by atoms with Crippen LogP contribution in [0.5, 0.6) is 0 Å². The molecule has 0 aliphatic rings. The minimum absolute atomic E-state index is 0.230. The molecule has 0 unspecified atom stereocenters. The van der Waals surface area contributed by atoms with Crippen LogP contribution in [-0.4, -0.2) is 26.8 Å². The van der Waals surface area contributed by atoms with E-state index in [-0.39, 0.29) is 6.54 Å². The van der Waals surface area contributed by atoms with Gasteiger partial charge in [0.25, 0.3) is 10.0 Å². The molecule has 0 atom stereocenters. The number of nitrogens with zero attached hydrogens (tertiary/aromatic N) is 1. The summed E-state index contributed by atoms with van der Waals surface area (Å²) < 4.78 is 31.9. The lowest BCUT2D eigenvalue weighted by Crippen LogP contribution is -2.25. The Morgan fingerprint density at radius 3 is 2.80 bits per heavy atom. The molecule has 0 saturated heterocycles. The SMILES string of the molecule is CNCc1sc(S(=O)(=O)N(C)Cc2ccco2)cc1C. The van der Waals surface area contributed by atoms with Crippen LogP contribution in [0.1, 0.15) is 16.2 Å². The second-order valence-electron chi connectivity index (χ2n) is 4.54. The van der Waals surface area contributed by atoms with Gasteiger partial charge in [-0.2, -0.15) is 4.31 Å². The quantitative estimate of drug-likeness (QED) is 0.888. The first-order valence-electron chi connectivity index (χ1n) is 6.17. The molecule has 2 rings (SSSR count). The lowest BCUT2D eigenvalue weighted by Gasteiger charge is -2.14. The van der Waals surface area contributed by atoms with Crippen LogP contribution >= 0.6 is 11.3 Å². The molecule has 7 heteroatoms. The van der Waals surface area contributed by atoms with E-state index in [4.69, 9.17) is 4.42 Å². The van der Waals surface area contributed by atoms with Gasteiger partial charge in [0.1, 0.15) is 9.97 Å². The second-order valence-corrected chi connectivity index (χ2v) is 7.95. The Kier molecular flexibility index (Phi) is 4.64. The summed E-state index contributed by atoms with van der Waals surface area (Å²) in [6.45, 7) is 2.83. The highest BCUT2D eigenvalue weighted by Crippen LogP contribution is 2.28. The van der Waals surface area contributed by atoms with E-state index in [1.807, 2.05) is 14.0 Å². The van der Waals surface area contributed by atoms with Crippen LogP contribution < -0.4 is 5.32 Å². The Labute approximate surface area is 123 Å². The first-order chi connectivity index (χ1) is 9.45. The number of sulfonamides is 1. The lowest BCUT2D eigenvalue weighted by atomic mass is 10.3. The van der Waals surface area contributed by atoms with Crippen LogP contribution in [0.25, 0.3) is 0 Å². The first-order valence-corrected chi connectivity index (χ1v) is 8.43. The van der Waals surface area contributed by atoms with Crippen molar-refractivity contribution < 1.29 is 12.8 Å². The van der Waals surface area contributed by atoms with Crippen molar-refractivity contribution in [3.63, 3.8) is 0 Å². The molecule has 2 aromatic heterocycles. The third-order valence-electron chi connectivity index (χ3n) is 2.96. The Hall–Kier alpha value is -1.15. The van der Waals surface area contributed by atoms with Gasteiger partial charge in [0.05, 0.1) is 12.8 Å². The van der Waals surface area contributed by atoms with E-state index >= 15 is 0 Å². The van der Waals surface area contributed by atoms with Gasteiger partial charge in [0, 0.05) is 18.5 Å². The predicted octanol–water partition coefficient (Wildman–Crippen LogP) is 2.19. The van der Waals surface area contributed by atoms with Crippen molar-refractivity contribution in [3.8, 4) is 0 Å². The Bertz CT molecular complexity index is 660. The zero-order chi connectivity index (χ0) is 14.8. The fourth-order valence-corrected chi connectivity index (χ4v) is 4.76. The minimum Gasteiger partial charge on any atom is -0.468 e. The fourth-order valence-electron chi connectivity index (χ4n) is 1.81. The summed E-state index contributed by atoms with van der Waals surface area (Å²) in [6.07, 6.45) is 1.54. The van der Waals surface area contributed by atoms with E-state index in [9.17, 15) is 8.42 Å². The number of thiophene rings is 1. The molecule has 1 N–H and O–H groups in total. The zero-order valence-electron chi connectivity index (χ0n) is 11.7. The van der Waals surface area contributed by atoms with E-state index in [1.54, 1.807) is 25.2 Å². The van der Waals surface area contributed by atoms with Crippen LogP contribution in [0.2, 0.25) is 0 Å². The molecule has 5 nitrogen and oxygen atoms in total. The summed E-state index contributed by atoms with van der Waals surface area (Å²) >= 11 is 1.31. The van der Waals surface area contributed by atoms with Crippen molar-refractivity contribution in [2.75, 3.05) is 14.1 Å². The molecule has 0 fully saturated rings. The standard InChI is InChI=1S/C13H18N2O3S2/c1-10-7-13(19-12(10)8-14-2)20(16,17)15(3)9-11-5-4-6-18-11/h4-7,14H,8-9H2,1-3H3. The number of hydrogen-bond donors (Lipinski definition) is 1. The maximum atomic E-state index is 12.5. The summed E-state index contributed by atoms with van der Waals surface area (Å²) in [5.74, 6) is 0.625. The third kappa shape index (κ3) is 3.12. The summed E-state index contributed by atoms with van der Waals surface area (Å²) in [5, 5.41) is 3.04. The van der Waals surface area contributed by atoms with Gasteiger partial charge in [0.15, 0.2) is 0 Å². The molecule has 0 radical (unpaired) electrons. The van der Waals surface area contributed by atoms with Gasteiger partial charge < -0.3 is 9.73 Å². The molecule has 0 amide bonds. The van der Waals surface area contributed by atoms with Crippen molar-refractivity contribution in [1.29, 1.82) is 0 Å². The average molecular weight is 314 g/mol. The van der Waals surface area contributed by atoms with E-state index in [0.29, 0.717) is 16.5 Å². The van der Waals surface area contributed by atoms with Gasteiger partial charge >= 0.3 is 0 Å². The largest absolute Gasteiger partial charge is 0.468 e. The van der Waals surface area contributed by atoms with Gasteiger partial charge in [-0.3, -0.25) is 0 Å². The molecule has 110 valence electrons. The lowest BCUT2D eigenvalue weighted by molar-refractivity contribution is 0.407. The van der Waals surface area contributed by atoms with Gasteiger partial charge in [-0.05, 0) is 37.7 Å². The summed E-state index contributed by atoms with van der Waals surface area (Å²) in [6, 6.07) is 5.24. The van der Waals surface area contributed by atoms with Gasteiger partial charge in [-0.1, -0.05) is 0 Å². The minimum atomic E-state index is -3.47. The predicted molar refractivity (Wildman–Crippen MR) is 79.2 cm³/mol. The van der Waals surface area contributed by atoms with Crippen LogP contribution in [-0.2, 0) is 23.1 Å². The number of aryl methyl sites for hydroxylation is 1. The van der Waals surface area contributed by atoms with E-state index in [1.165, 1.54) is 21.9 Å². The molecular formula is C13H18N2O3S2. The highest BCUT2D eigenvalue weighted by molar-refractivity contribution is 7.91.